The third-order valence-electron chi connectivity index (χ3n) is 3.89. The number of likely N-dealkylation sites (N-methyl/N-ethyl adjacent to an activating group) is 2. The van der Waals surface area contributed by atoms with Gasteiger partial charge in [-0.05, 0) is 30.3 Å². The average Bonchev–Trinajstić information content (AvgIpc) is 2.56. The summed E-state index contributed by atoms with van der Waals surface area (Å²) in [6, 6.07) is 12.8. The Hall–Kier alpha value is -2.27. The van der Waals surface area contributed by atoms with Gasteiger partial charge >= 0.3 is 0 Å². The van der Waals surface area contributed by atoms with E-state index in [-0.39, 0.29) is 30.6 Å². The fourth-order valence-corrected chi connectivity index (χ4v) is 2.46. The normalized spacial score (nSPS) is 10.9. The molecule has 2 rings (SSSR count). The van der Waals surface area contributed by atoms with E-state index in [1.165, 1.54) is 23.1 Å². The van der Waals surface area contributed by atoms with Gasteiger partial charge < -0.3 is 4.90 Å². The van der Waals surface area contributed by atoms with Crippen molar-refractivity contribution in [2.75, 3.05) is 20.1 Å². The SMILES string of the molecule is CCN(CC(=O)N(C)Cc1ccccc1F)Cc1cccc(F)c1. The first-order chi connectivity index (χ1) is 11.5. The third kappa shape index (κ3) is 5.13. The van der Waals surface area contributed by atoms with Crippen LogP contribution in [0.4, 0.5) is 8.78 Å². The average molecular weight is 332 g/mol. The van der Waals surface area contributed by atoms with Crippen LogP contribution >= 0.6 is 0 Å². The zero-order chi connectivity index (χ0) is 17.5. The molecule has 0 radical (unpaired) electrons. The van der Waals surface area contributed by atoms with Gasteiger partial charge in [0.1, 0.15) is 11.6 Å². The molecule has 128 valence electrons. The van der Waals surface area contributed by atoms with E-state index in [0.29, 0.717) is 18.7 Å². The molecule has 0 heterocycles. The van der Waals surface area contributed by atoms with E-state index in [2.05, 4.69) is 0 Å². The largest absolute Gasteiger partial charge is 0.340 e. The summed E-state index contributed by atoms with van der Waals surface area (Å²) in [7, 11) is 1.66. The Bertz CT molecular complexity index is 691. The molecule has 0 aromatic heterocycles. The zero-order valence-electron chi connectivity index (χ0n) is 14.0. The fraction of sp³-hybridized carbons (Fsp3) is 0.316. The second-order valence-corrected chi connectivity index (χ2v) is 5.77. The Morgan fingerprint density at radius 3 is 2.46 bits per heavy atom. The molecule has 0 saturated heterocycles. The number of rotatable bonds is 7. The molecule has 0 fully saturated rings. The molecule has 3 nitrogen and oxygen atoms in total. The molecule has 0 saturated carbocycles. The molecule has 0 atom stereocenters. The van der Waals surface area contributed by atoms with Crippen LogP contribution in [-0.4, -0.2) is 35.8 Å². The monoisotopic (exact) mass is 332 g/mol. The van der Waals surface area contributed by atoms with Gasteiger partial charge in [0.2, 0.25) is 5.91 Å². The minimum atomic E-state index is -0.316. The van der Waals surface area contributed by atoms with Gasteiger partial charge in [0.25, 0.3) is 0 Å². The van der Waals surface area contributed by atoms with Gasteiger partial charge in [-0.1, -0.05) is 37.3 Å². The molecule has 0 aliphatic rings. The van der Waals surface area contributed by atoms with E-state index in [9.17, 15) is 13.6 Å². The van der Waals surface area contributed by atoms with E-state index >= 15 is 0 Å². The van der Waals surface area contributed by atoms with E-state index < -0.39 is 0 Å². The summed E-state index contributed by atoms with van der Waals surface area (Å²) in [5.41, 5.74) is 1.31. The number of halogens is 2. The predicted molar refractivity (Wildman–Crippen MR) is 90.2 cm³/mol. The van der Waals surface area contributed by atoms with E-state index in [1.54, 1.807) is 31.3 Å². The number of benzene rings is 2. The molecule has 0 bridgehead atoms. The summed E-state index contributed by atoms with van der Waals surface area (Å²) in [4.78, 5) is 15.8. The molecule has 2 aromatic carbocycles. The lowest BCUT2D eigenvalue weighted by atomic mass is 10.2. The molecule has 24 heavy (non-hydrogen) atoms. The van der Waals surface area contributed by atoms with Crippen molar-refractivity contribution in [1.29, 1.82) is 0 Å². The highest BCUT2D eigenvalue weighted by molar-refractivity contribution is 5.78. The van der Waals surface area contributed by atoms with Gasteiger partial charge in [-0.2, -0.15) is 0 Å². The van der Waals surface area contributed by atoms with Crippen LogP contribution in [0.5, 0.6) is 0 Å². The van der Waals surface area contributed by atoms with Crippen LogP contribution in [0.15, 0.2) is 48.5 Å². The molecule has 2 aromatic rings. The van der Waals surface area contributed by atoms with Gasteiger partial charge in [-0.25, -0.2) is 8.78 Å². The van der Waals surface area contributed by atoms with Crippen molar-refractivity contribution < 1.29 is 13.6 Å². The first-order valence-electron chi connectivity index (χ1n) is 7.93. The smallest absolute Gasteiger partial charge is 0.236 e. The lowest BCUT2D eigenvalue weighted by molar-refractivity contribution is -0.131. The Kier molecular flexibility index (Phi) is 6.44. The highest BCUT2D eigenvalue weighted by Crippen LogP contribution is 2.11. The van der Waals surface area contributed by atoms with Crippen molar-refractivity contribution in [2.45, 2.75) is 20.0 Å². The molecule has 0 aliphatic carbocycles. The highest BCUT2D eigenvalue weighted by atomic mass is 19.1. The second kappa shape index (κ2) is 8.55. The first-order valence-corrected chi connectivity index (χ1v) is 7.93. The van der Waals surface area contributed by atoms with Crippen LogP contribution in [0.1, 0.15) is 18.1 Å². The second-order valence-electron chi connectivity index (χ2n) is 5.77. The maximum atomic E-state index is 13.7. The van der Waals surface area contributed by atoms with Gasteiger partial charge in [-0.3, -0.25) is 9.69 Å². The number of carbonyl (C=O) groups is 1. The quantitative estimate of drug-likeness (QED) is 0.775. The van der Waals surface area contributed by atoms with Crippen molar-refractivity contribution in [1.82, 2.24) is 9.80 Å². The molecular weight excluding hydrogens is 310 g/mol. The van der Waals surface area contributed by atoms with Gasteiger partial charge in [0, 0.05) is 25.7 Å². The number of carbonyl (C=O) groups excluding carboxylic acids is 1. The van der Waals surface area contributed by atoms with Crippen LogP contribution in [0, 0.1) is 11.6 Å². The minimum Gasteiger partial charge on any atom is -0.340 e. The van der Waals surface area contributed by atoms with Crippen LogP contribution in [0.25, 0.3) is 0 Å². The molecule has 0 unspecified atom stereocenters. The van der Waals surface area contributed by atoms with Crippen molar-refractivity contribution in [3.8, 4) is 0 Å². The van der Waals surface area contributed by atoms with E-state index in [4.69, 9.17) is 0 Å². The summed E-state index contributed by atoms with van der Waals surface area (Å²) in [6.45, 7) is 3.54. The molecule has 1 amide bonds. The van der Waals surface area contributed by atoms with E-state index in [1.807, 2.05) is 17.9 Å². The Labute approximate surface area is 141 Å². The summed E-state index contributed by atoms with van der Waals surface area (Å²) in [5, 5.41) is 0. The highest BCUT2D eigenvalue weighted by Gasteiger charge is 2.15. The number of hydrogen-bond donors (Lipinski definition) is 0. The maximum absolute atomic E-state index is 13.7. The van der Waals surface area contributed by atoms with E-state index in [0.717, 1.165) is 5.56 Å². The molecule has 0 spiro atoms. The summed E-state index contributed by atoms with van der Waals surface area (Å²) in [5.74, 6) is -0.702. The minimum absolute atomic E-state index is 0.100. The number of nitrogens with zero attached hydrogens (tertiary/aromatic N) is 2. The maximum Gasteiger partial charge on any atom is 0.236 e. The molecular formula is C19H22F2N2O. The number of amides is 1. The first kappa shape index (κ1) is 18.1. The van der Waals surface area contributed by atoms with Gasteiger partial charge in [0.05, 0.1) is 6.54 Å². The van der Waals surface area contributed by atoms with Crippen molar-refractivity contribution in [2.24, 2.45) is 0 Å². The number of hydrogen-bond acceptors (Lipinski definition) is 2. The van der Waals surface area contributed by atoms with Crippen molar-refractivity contribution >= 4 is 5.91 Å². The van der Waals surface area contributed by atoms with Crippen LogP contribution in [0.2, 0.25) is 0 Å². The van der Waals surface area contributed by atoms with Crippen LogP contribution in [-0.2, 0) is 17.9 Å². The predicted octanol–water partition coefficient (Wildman–Crippen LogP) is 3.45. The Morgan fingerprint density at radius 2 is 1.79 bits per heavy atom. The summed E-state index contributed by atoms with van der Waals surface area (Å²) in [6.07, 6.45) is 0. The topological polar surface area (TPSA) is 23.6 Å². The molecule has 5 heteroatoms. The summed E-state index contributed by atoms with van der Waals surface area (Å²) < 4.78 is 26.9. The van der Waals surface area contributed by atoms with Crippen LogP contribution in [0.3, 0.4) is 0 Å². The van der Waals surface area contributed by atoms with Gasteiger partial charge in [0.15, 0.2) is 0 Å². The summed E-state index contributed by atoms with van der Waals surface area (Å²) >= 11 is 0. The standard InChI is InChI=1S/C19H22F2N2O/c1-3-23(12-15-7-6-9-17(20)11-15)14-19(24)22(2)13-16-8-4-5-10-18(16)21/h4-11H,3,12-14H2,1-2H3. The lowest BCUT2D eigenvalue weighted by Gasteiger charge is -2.24. The van der Waals surface area contributed by atoms with Crippen molar-refractivity contribution in [3.63, 3.8) is 0 Å². The molecule has 0 N–H and O–H groups in total. The fourth-order valence-electron chi connectivity index (χ4n) is 2.46. The van der Waals surface area contributed by atoms with Crippen LogP contribution < -0.4 is 0 Å². The lowest BCUT2D eigenvalue weighted by Crippen LogP contribution is -2.37. The van der Waals surface area contributed by atoms with Crippen molar-refractivity contribution in [3.05, 3.63) is 71.3 Å². The Balaban J connectivity index is 1.94. The molecule has 0 aliphatic heterocycles. The third-order valence-corrected chi connectivity index (χ3v) is 3.89. The van der Waals surface area contributed by atoms with Gasteiger partial charge in [-0.15, -0.1) is 0 Å². The Morgan fingerprint density at radius 1 is 1.04 bits per heavy atom. The zero-order valence-corrected chi connectivity index (χ0v) is 14.0.